The first kappa shape index (κ1) is 68.9. The molecule has 1 heterocycles. The third kappa shape index (κ3) is 42.7. The van der Waals surface area contributed by atoms with E-state index in [0.717, 1.165) is 51.4 Å². The number of hydrogen-bond donors (Lipinski definition) is 6. The molecule has 1 aliphatic rings. The highest BCUT2D eigenvalue weighted by Crippen LogP contribution is 2.23. The number of amides is 1. The first-order chi connectivity index (χ1) is 35.8. The van der Waals surface area contributed by atoms with Crippen molar-refractivity contribution < 1.29 is 39.8 Å². The lowest BCUT2D eigenvalue weighted by Gasteiger charge is -2.40. The van der Waals surface area contributed by atoms with Crippen molar-refractivity contribution in [3.63, 3.8) is 0 Å². The summed E-state index contributed by atoms with van der Waals surface area (Å²) in [5.74, 6) is -0.189. The van der Waals surface area contributed by atoms with Crippen molar-refractivity contribution in [2.24, 2.45) is 0 Å². The summed E-state index contributed by atoms with van der Waals surface area (Å²) in [5, 5.41) is 54.5. The molecule has 9 heteroatoms. The van der Waals surface area contributed by atoms with Gasteiger partial charge in [-0.3, -0.25) is 4.79 Å². The van der Waals surface area contributed by atoms with Crippen molar-refractivity contribution >= 4 is 5.91 Å². The quantitative estimate of drug-likeness (QED) is 0.0261. The summed E-state index contributed by atoms with van der Waals surface area (Å²) in [6.07, 6.45) is 65.9. The maximum absolute atomic E-state index is 13.1. The Labute approximate surface area is 449 Å². The molecule has 6 N–H and O–H groups in total. The SMILES string of the molecule is CCCCCCCCCCC/C=C\C/C=C\CCCCCCCCCCCCCCCCCC(=O)NC(COC1OC(CO)C(O)C(O)C1O)C(O)/C=C/CC/C=C/CC/C=C/CCCCCCCCCCC. The number of rotatable bonds is 53. The second kappa shape index (κ2) is 53.3. The number of ether oxygens (including phenoxy) is 2. The van der Waals surface area contributed by atoms with E-state index in [-0.39, 0.29) is 12.5 Å². The second-order valence-electron chi connectivity index (χ2n) is 21.5. The monoisotopic (exact) mass is 1030 g/mol. The van der Waals surface area contributed by atoms with Crippen LogP contribution in [-0.4, -0.2) is 87.5 Å². The number of hydrogen-bond acceptors (Lipinski definition) is 8. The fourth-order valence-corrected chi connectivity index (χ4v) is 9.63. The average Bonchev–Trinajstić information content (AvgIpc) is 3.39. The predicted molar refractivity (Wildman–Crippen MR) is 309 cm³/mol. The molecule has 0 aromatic carbocycles. The van der Waals surface area contributed by atoms with Crippen LogP contribution in [0.4, 0.5) is 0 Å². The van der Waals surface area contributed by atoms with Gasteiger partial charge in [-0.05, 0) is 77.0 Å². The van der Waals surface area contributed by atoms with Gasteiger partial charge < -0.3 is 40.3 Å². The Morgan fingerprint density at radius 1 is 0.466 bits per heavy atom. The minimum Gasteiger partial charge on any atom is -0.394 e. The van der Waals surface area contributed by atoms with Crippen LogP contribution in [0.1, 0.15) is 284 Å². The van der Waals surface area contributed by atoms with Gasteiger partial charge in [0.25, 0.3) is 0 Å². The molecule has 0 radical (unpaired) electrons. The van der Waals surface area contributed by atoms with E-state index in [1.54, 1.807) is 6.08 Å². The van der Waals surface area contributed by atoms with Crippen molar-refractivity contribution in [1.82, 2.24) is 5.32 Å². The number of nitrogens with one attached hydrogen (secondary N) is 1. The summed E-state index contributed by atoms with van der Waals surface area (Å²) in [6.45, 7) is 3.78. The van der Waals surface area contributed by atoms with Crippen molar-refractivity contribution in [3.05, 3.63) is 60.8 Å². The van der Waals surface area contributed by atoms with E-state index < -0.39 is 49.5 Å². The van der Waals surface area contributed by atoms with Crippen molar-refractivity contribution in [2.75, 3.05) is 13.2 Å². The molecule has 7 unspecified atom stereocenters. The highest BCUT2D eigenvalue weighted by Gasteiger charge is 2.44. The molecule has 426 valence electrons. The number of aliphatic hydroxyl groups is 5. The van der Waals surface area contributed by atoms with Crippen LogP contribution < -0.4 is 5.32 Å². The topological polar surface area (TPSA) is 149 Å². The third-order valence-electron chi connectivity index (χ3n) is 14.5. The highest BCUT2D eigenvalue weighted by atomic mass is 16.7. The molecule has 0 aliphatic carbocycles. The van der Waals surface area contributed by atoms with Gasteiger partial charge in [0.05, 0.1) is 25.4 Å². The van der Waals surface area contributed by atoms with Gasteiger partial charge in [-0.1, -0.05) is 261 Å². The zero-order valence-electron chi connectivity index (χ0n) is 47.4. The van der Waals surface area contributed by atoms with Gasteiger partial charge in [-0.15, -0.1) is 0 Å². The van der Waals surface area contributed by atoms with Gasteiger partial charge in [0.2, 0.25) is 5.91 Å². The summed E-state index contributed by atoms with van der Waals surface area (Å²) < 4.78 is 11.3. The second-order valence-corrected chi connectivity index (χ2v) is 21.5. The van der Waals surface area contributed by atoms with E-state index in [1.165, 1.54) is 212 Å². The molecule has 0 aromatic rings. The Morgan fingerprint density at radius 2 is 0.822 bits per heavy atom. The summed E-state index contributed by atoms with van der Waals surface area (Å²) in [4.78, 5) is 13.1. The zero-order valence-corrected chi connectivity index (χ0v) is 47.4. The van der Waals surface area contributed by atoms with E-state index in [9.17, 15) is 30.3 Å². The minimum atomic E-state index is -1.58. The van der Waals surface area contributed by atoms with Crippen LogP contribution in [0, 0.1) is 0 Å². The molecule has 1 aliphatic heterocycles. The molecule has 7 atom stereocenters. The summed E-state index contributed by atoms with van der Waals surface area (Å²) in [6, 6.07) is -0.830. The Bertz CT molecular complexity index is 1330. The number of carbonyl (C=O) groups excluding carboxylic acids is 1. The molecule has 73 heavy (non-hydrogen) atoms. The Hall–Kier alpha value is -2.11. The van der Waals surface area contributed by atoms with Gasteiger partial charge in [0, 0.05) is 6.42 Å². The van der Waals surface area contributed by atoms with Crippen LogP contribution in [-0.2, 0) is 14.3 Å². The molecular formula is C64H117NO8. The molecule has 9 nitrogen and oxygen atoms in total. The number of aliphatic hydroxyl groups excluding tert-OH is 5. The molecule has 1 rings (SSSR count). The van der Waals surface area contributed by atoms with E-state index >= 15 is 0 Å². The number of allylic oxidation sites excluding steroid dienone is 9. The van der Waals surface area contributed by atoms with Crippen molar-refractivity contribution in [2.45, 2.75) is 326 Å². The van der Waals surface area contributed by atoms with Crippen molar-refractivity contribution in [3.8, 4) is 0 Å². The first-order valence-corrected chi connectivity index (χ1v) is 31.0. The van der Waals surface area contributed by atoms with E-state index in [4.69, 9.17) is 9.47 Å². The maximum Gasteiger partial charge on any atom is 0.220 e. The molecule has 0 spiro atoms. The Morgan fingerprint density at radius 3 is 1.23 bits per heavy atom. The Balaban J connectivity index is 2.19. The zero-order chi connectivity index (χ0) is 52.9. The van der Waals surface area contributed by atoms with E-state index in [0.29, 0.717) is 6.42 Å². The van der Waals surface area contributed by atoms with Gasteiger partial charge in [0.15, 0.2) is 6.29 Å². The van der Waals surface area contributed by atoms with Gasteiger partial charge in [0.1, 0.15) is 24.4 Å². The van der Waals surface area contributed by atoms with Crippen LogP contribution in [0.25, 0.3) is 0 Å². The maximum atomic E-state index is 13.1. The van der Waals surface area contributed by atoms with Gasteiger partial charge >= 0.3 is 0 Å². The molecule has 1 fully saturated rings. The summed E-state index contributed by atoms with van der Waals surface area (Å²) >= 11 is 0. The minimum absolute atomic E-state index is 0.189. The van der Waals surface area contributed by atoms with Crippen molar-refractivity contribution in [1.29, 1.82) is 0 Å². The molecule has 1 amide bonds. The van der Waals surface area contributed by atoms with Gasteiger partial charge in [-0.25, -0.2) is 0 Å². The molecule has 0 saturated carbocycles. The van der Waals surface area contributed by atoms with Crippen LogP contribution >= 0.6 is 0 Å². The number of unbranched alkanes of at least 4 members (excludes halogenated alkanes) is 35. The lowest BCUT2D eigenvalue weighted by Crippen LogP contribution is -2.60. The summed E-state index contributed by atoms with van der Waals surface area (Å²) in [5.41, 5.74) is 0. The predicted octanol–water partition coefficient (Wildman–Crippen LogP) is 15.9. The normalized spacial score (nSPS) is 19.5. The highest BCUT2D eigenvalue weighted by molar-refractivity contribution is 5.76. The Kier molecular flexibility index (Phi) is 50.3. The third-order valence-corrected chi connectivity index (χ3v) is 14.5. The molecular weight excluding hydrogens is 911 g/mol. The van der Waals surface area contributed by atoms with Crippen LogP contribution in [0.5, 0.6) is 0 Å². The molecule has 0 aromatic heterocycles. The first-order valence-electron chi connectivity index (χ1n) is 31.0. The lowest BCUT2D eigenvalue weighted by molar-refractivity contribution is -0.302. The smallest absolute Gasteiger partial charge is 0.220 e. The molecule has 1 saturated heterocycles. The van der Waals surface area contributed by atoms with Gasteiger partial charge in [-0.2, -0.15) is 0 Å². The fourth-order valence-electron chi connectivity index (χ4n) is 9.63. The number of carbonyl (C=O) groups is 1. The standard InChI is InChI=1S/C64H117NO8/c1-3-5-7-9-11-13-15-17-19-21-23-24-25-26-27-28-29-30-31-32-33-34-36-38-40-42-44-46-48-50-52-54-60(68)65-57(56-72-64-63(71)62(70)61(69)59(55-66)73-64)58(67)53-51-49-47-45-43-41-39-37-35-22-20-18-16-14-12-10-8-6-4-2/h23-24,26-27,35,37,43,45,51,53,57-59,61-64,66-67,69-71H,3-22,25,28-34,36,38-42,44,46-50,52,54-56H2,1-2H3,(H,65,68)/b24-23-,27-26-,37-35+,45-43+,53-51+. The fraction of sp³-hybridized carbons (Fsp3) is 0.828. The average molecular weight is 1030 g/mol. The van der Waals surface area contributed by atoms with Crippen LogP contribution in [0.15, 0.2) is 60.8 Å². The largest absolute Gasteiger partial charge is 0.394 e. The van der Waals surface area contributed by atoms with E-state index in [2.05, 4.69) is 67.8 Å². The van der Waals surface area contributed by atoms with Crippen LogP contribution in [0.2, 0.25) is 0 Å². The molecule has 0 bridgehead atoms. The van der Waals surface area contributed by atoms with Crippen LogP contribution in [0.3, 0.4) is 0 Å². The van der Waals surface area contributed by atoms with E-state index in [1.807, 2.05) is 6.08 Å². The summed E-state index contributed by atoms with van der Waals surface area (Å²) in [7, 11) is 0. The lowest BCUT2D eigenvalue weighted by atomic mass is 9.99.